The largest absolute Gasteiger partial charge is 0.496 e. The summed E-state index contributed by atoms with van der Waals surface area (Å²) in [6.07, 6.45) is 4.74. The molecule has 4 rings (SSSR count). The number of piperidine rings is 1. The number of hydrogen-bond donors (Lipinski definition) is 4. The van der Waals surface area contributed by atoms with Gasteiger partial charge in [0.2, 0.25) is 5.91 Å². The van der Waals surface area contributed by atoms with Crippen LogP contribution in [0.5, 0.6) is 5.75 Å². The molecular weight excluding hydrogens is 566 g/mol. The standard InChI is InChI=1S/C32H41N5O7/c1-6-20(16-33-4)31(41)43-17-27(38)24(14-21-9-8-12-34-32(21)18-44-32)36-29(39)25(13-19(2)3)37-30(40)26-15-22-23(35-26)10-7-11-28(22)42-5/h6-7,10-11,15-16,19,21,24-25,34-35H,1,4,8-9,12-14,17-18H2,2-3,5H3,(H,36,39)(H,37,40)/b20-16+/t21-,24-,25-,32?/m0/s1. The molecule has 2 aliphatic heterocycles. The number of amides is 2. The number of aromatic nitrogens is 1. The Bertz CT molecular complexity index is 1440. The minimum absolute atomic E-state index is 0.0458. The van der Waals surface area contributed by atoms with Crippen LogP contribution in [0.4, 0.5) is 0 Å². The second kappa shape index (κ2) is 14.5. The maximum atomic E-state index is 13.7. The van der Waals surface area contributed by atoms with Gasteiger partial charge in [-0.3, -0.25) is 24.7 Å². The second-order valence-corrected chi connectivity index (χ2v) is 11.5. The van der Waals surface area contributed by atoms with E-state index in [1.54, 1.807) is 19.2 Å². The van der Waals surface area contributed by atoms with Crippen LogP contribution in [0, 0.1) is 11.8 Å². The van der Waals surface area contributed by atoms with Crippen molar-refractivity contribution in [1.29, 1.82) is 0 Å². The molecule has 2 amide bonds. The third-order valence-corrected chi connectivity index (χ3v) is 7.94. The van der Waals surface area contributed by atoms with E-state index in [0.29, 0.717) is 18.8 Å². The molecule has 3 heterocycles. The maximum absolute atomic E-state index is 13.7. The quantitative estimate of drug-likeness (QED) is 0.0790. The molecule has 1 spiro atoms. The molecule has 0 bridgehead atoms. The number of fused-ring (bicyclic) bond motifs is 1. The lowest BCUT2D eigenvalue weighted by molar-refractivity contribution is -0.145. The van der Waals surface area contributed by atoms with Crippen LogP contribution in [0.1, 0.15) is 50.0 Å². The molecule has 2 aliphatic rings. The molecule has 2 saturated heterocycles. The van der Waals surface area contributed by atoms with E-state index in [0.717, 1.165) is 30.3 Å². The average molecular weight is 608 g/mol. The predicted octanol–water partition coefficient (Wildman–Crippen LogP) is 2.80. The van der Waals surface area contributed by atoms with Crippen LogP contribution < -0.4 is 20.7 Å². The zero-order valence-corrected chi connectivity index (χ0v) is 25.4. The number of methoxy groups -OCH3 is 1. The molecule has 2 fully saturated rings. The zero-order valence-electron chi connectivity index (χ0n) is 25.4. The number of esters is 1. The van der Waals surface area contributed by atoms with Gasteiger partial charge >= 0.3 is 5.97 Å². The molecule has 0 radical (unpaired) electrons. The van der Waals surface area contributed by atoms with Crippen molar-refractivity contribution in [3.8, 4) is 5.75 Å². The summed E-state index contributed by atoms with van der Waals surface area (Å²) >= 11 is 0. The van der Waals surface area contributed by atoms with Crippen molar-refractivity contribution in [1.82, 2.24) is 20.9 Å². The molecule has 0 aliphatic carbocycles. The number of ether oxygens (including phenoxy) is 3. The smallest absolute Gasteiger partial charge is 0.340 e. The molecule has 236 valence electrons. The Morgan fingerprint density at radius 2 is 2.00 bits per heavy atom. The minimum Gasteiger partial charge on any atom is -0.496 e. The van der Waals surface area contributed by atoms with Gasteiger partial charge in [0.1, 0.15) is 23.2 Å². The number of carbonyl (C=O) groups excluding carboxylic acids is 4. The third kappa shape index (κ3) is 7.80. The molecule has 12 nitrogen and oxygen atoms in total. The number of hydrogen-bond acceptors (Lipinski definition) is 9. The first kappa shape index (κ1) is 32.6. The Morgan fingerprint density at radius 1 is 1.23 bits per heavy atom. The number of nitrogens with one attached hydrogen (secondary N) is 4. The lowest BCUT2D eigenvalue weighted by Crippen LogP contribution is -2.55. The number of H-pyrrole nitrogens is 1. The summed E-state index contributed by atoms with van der Waals surface area (Å²) in [5, 5.41) is 9.81. The molecule has 1 aromatic carbocycles. The summed E-state index contributed by atoms with van der Waals surface area (Å²) < 4.78 is 16.3. The number of aliphatic imine (C=N–C) groups is 1. The van der Waals surface area contributed by atoms with Crippen LogP contribution >= 0.6 is 0 Å². The first-order chi connectivity index (χ1) is 21.1. The fraction of sp³-hybridized carbons (Fsp3) is 0.469. The summed E-state index contributed by atoms with van der Waals surface area (Å²) in [7, 11) is 1.55. The van der Waals surface area contributed by atoms with Gasteiger partial charge in [-0.25, -0.2) is 4.79 Å². The number of benzene rings is 1. The van der Waals surface area contributed by atoms with Gasteiger partial charge < -0.3 is 29.8 Å². The van der Waals surface area contributed by atoms with Crippen LogP contribution in [0.15, 0.2) is 53.7 Å². The summed E-state index contributed by atoms with van der Waals surface area (Å²) in [5.74, 6) is -1.63. The monoisotopic (exact) mass is 607 g/mol. The highest BCUT2D eigenvalue weighted by Gasteiger charge is 2.53. The fourth-order valence-electron chi connectivity index (χ4n) is 5.55. The minimum atomic E-state index is -0.987. The first-order valence-corrected chi connectivity index (χ1v) is 14.7. The molecular formula is C32H41N5O7. The number of rotatable bonds is 15. The van der Waals surface area contributed by atoms with Crippen molar-refractivity contribution < 1.29 is 33.4 Å². The van der Waals surface area contributed by atoms with E-state index in [-0.39, 0.29) is 29.5 Å². The Labute approximate surface area is 256 Å². The number of aromatic amines is 1. The highest BCUT2D eigenvalue weighted by Crippen LogP contribution is 2.40. The van der Waals surface area contributed by atoms with Gasteiger partial charge in [0.15, 0.2) is 12.4 Å². The lowest BCUT2D eigenvalue weighted by atomic mass is 9.84. The van der Waals surface area contributed by atoms with E-state index in [4.69, 9.17) is 14.2 Å². The van der Waals surface area contributed by atoms with Crippen molar-refractivity contribution in [2.45, 2.75) is 57.3 Å². The van der Waals surface area contributed by atoms with E-state index >= 15 is 0 Å². The molecule has 4 N–H and O–H groups in total. The van der Waals surface area contributed by atoms with Gasteiger partial charge in [-0.05, 0) is 63.1 Å². The van der Waals surface area contributed by atoms with E-state index < -0.39 is 48.0 Å². The number of Topliss-reactive ketones (excluding diaryl/α,β-unsaturated/α-hetero) is 1. The summed E-state index contributed by atoms with van der Waals surface area (Å²) in [6.45, 7) is 11.5. The zero-order chi connectivity index (χ0) is 31.9. The molecule has 12 heteroatoms. The molecule has 1 unspecified atom stereocenters. The number of carbonyl (C=O) groups is 4. The van der Waals surface area contributed by atoms with Crippen molar-refractivity contribution in [2.24, 2.45) is 16.8 Å². The average Bonchev–Trinajstić information content (AvgIpc) is 3.63. The highest BCUT2D eigenvalue weighted by atomic mass is 16.6. The van der Waals surface area contributed by atoms with Crippen LogP contribution in [-0.2, 0) is 23.9 Å². The summed E-state index contributed by atoms with van der Waals surface area (Å²) in [4.78, 5) is 59.6. The van der Waals surface area contributed by atoms with Crippen molar-refractivity contribution in [3.05, 3.63) is 54.4 Å². The van der Waals surface area contributed by atoms with Gasteiger partial charge in [0.25, 0.3) is 5.91 Å². The van der Waals surface area contributed by atoms with Gasteiger partial charge in [-0.15, -0.1) is 0 Å². The van der Waals surface area contributed by atoms with Crippen LogP contribution in [0.25, 0.3) is 10.9 Å². The topological polar surface area (TPSA) is 164 Å². The molecule has 2 aromatic rings. The van der Waals surface area contributed by atoms with E-state index in [1.807, 2.05) is 26.0 Å². The SMILES string of the molecule is C=C/C(=C\N=C)C(=O)OCC(=O)[C@H](C[C@@H]1CCCNC12CO2)NC(=O)[C@H](CC(C)C)NC(=O)c1cc2c(OC)cccc2[nH]1. The second-order valence-electron chi connectivity index (χ2n) is 11.5. The van der Waals surface area contributed by atoms with Crippen molar-refractivity contribution >= 4 is 41.2 Å². The third-order valence-electron chi connectivity index (χ3n) is 7.94. The van der Waals surface area contributed by atoms with Crippen LogP contribution in [-0.4, -0.2) is 79.9 Å². The Kier molecular flexibility index (Phi) is 10.7. The lowest BCUT2D eigenvalue weighted by Gasteiger charge is -2.33. The molecule has 4 atom stereocenters. The molecule has 44 heavy (non-hydrogen) atoms. The molecule has 0 saturated carbocycles. The van der Waals surface area contributed by atoms with E-state index in [1.165, 1.54) is 12.3 Å². The van der Waals surface area contributed by atoms with Crippen LogP contribution in [0.3, 0.4) is 0 Å². The predicted molar refractivity (Wildman–Crippen MR) is 165 cm³/mol. The van der Waals surface area contributed by atoms with E-state index in [9.17, 15) is 19.2 Å². The number of epoxide rings is 1. The first-order valence-electron chi connectivity index (χ1n) is 14.7. The number of nitrogens with zero attached hydrogens (tertiary/aromatic N) is 1. The summed E-state index contributed by atoms with van der Waals surface area (Å²) in [5.41, 5.74) is 0.515. The molecule has 1 aromatic heterocycles. The van der Waals surface area contributed by atoms with E-state index in [2.05, 4.69) is 39.2 Å². The fourth-order valence-corrected chi connectivity index (χ4v) is 5.55. The number of ketones is 1. The Morgan fingerprint density at radius 3 is 2.66 bits per heavy atom. The van der Waals surface area contributed by atoms with Gasteiger partial charge in [-0.1, -0.05) is 32.6 Å². The Balaban J connectivity index is 1.51. The Hall–Kier alpha value is -4.29. The highest BCUT2D eigenvalue weighted by molar-refractivity contribution is 6.02. The van der Waals surface area contributed by atoms with Crippen molar-refractivity contribution in [3.63, 3.8) is 0 Å². The van der Waals surface area contributed by atoms with Gasteiger partial charge in [-0.2, -0.15) is 0 Å². The van der Waals surface area contributed by atoms with Crippen molar-refractivity contribution in [2.75, 3.05) is 26.9 Å². The maximum Gasteiger partial charge on any atom is 0.340 e. The van der Waals surface area contributed by atoms with Gasteiger partial charge in [0, 0.05) is 23.0 Å². The summed E-state index contributed by atoms with van der Waals surface area (Å²) in [6, 6.07) is 5.19. The normalized spacial score (nSPS) is 20.9. The van der Waals surface area contributed by atoms with Crippen LogP contribution in [0.2, 0.25) is 0 Å². The van der Waals surface area contributed by atoms with Gasteiger partial charge in [0.05, 0.1) is 25.3 Å².